The van der Waals surface area contributed by atoms with Crippen LogP contribution in [0.15, 0.2) is 0 Å². The summed E-state index contributed by atoms with van der Waals surface area (Å²) in [5.74, 6) is 0. The van der Waals surface area contributed by atoms with Gasteiger partial charge in [-0.2, -0.15) is 0 Å². The maximum absolute atomic E-state index is 11.2. The summed E-state index contributed by atoms with van der Waals surface area (Å²) in [7, 11) is 0. The van der Waals surface area contributed by atoms with E-state index in [4.69, 9.17) is 4.74 Å². The average molecular weight is 226 g/mol. The lowest BCUT2D eigenvalue weighted by Gasteiger charge is -2.18. The van der Waals surface area contributed by atoms with Crippen LogP contribution >= 0.6 is 0 Å². The van der Waals surface area contributed by atoms with Gasteiger partial charge in [-0.1, -0.05) is 25.7 Å². The van der Waals surface area contributed by atoms with E-state index in [9.17, 15) is 4.79 Å². The molecule has 0 aromatic carbocycles. The molecule has 0 bridgehead atoms. The summed E-state index contributed by atoms with van der Waals surface area (Å²) >= 11 is 0. The van der Waals surface area contributed by atoms with Gasteiger partial charge in [0.05, 0.1) is 6.54 Å². The lowest BCUT2D eigenvalue weighted by Crippen LogP contribution is -2.37. The zero-order valence-corrected chi connectivity index (χ0v) is 9.91. The quantitative estimate of drug-likeness (QED) is 0.743. The highest BCUT2D eigenvalue weighted by Gasteiger charge is 2.21. The first-order valence-corrected chi connectivity index (χ1v) is 6.51. The molecule has 0 aromatic rings. The molecule has 2 fully saturated rings. The molecule has 4 heteroatoms. The van der Waals surface area contributed by atoms with Crippen LogP contribution in [0.25, 0.3) is 0 Å². The Hall–Kier alpha value is -0.770. The second-order valence-electron chi connectivity index (χ2n) is 4.74. The summed E-state index contributed by atoms with van der Waals surface area (Å²) < 4.78 is 4.89. The van der Waals surface area contributed by atoms with E-state index in [1.807, 2.05) is 0 Å². The highest BCUT2D eigenvalue weighted by molar-refractivity contribution is 5.69. The molecule has 0 atom stereocenters. The van der Waals surface area contributed by atoms with Crippen molar-refractivity contribution >= 4 is 6.09 Å². The summed E-state index contributed by atoms with van der Waals surface area (Å²) in [6, 6.07) is 0.668. The van der Waals surface area contributed by atoms with Crippen LogP contribution in [0.4, 0.5) is 4.79 Å². The minimum absolute atomic E-state index is 0.150. The molecular formula is C12H22N2O2. The molecule has 1 aliphatic carbocycles. The van der Waals surface area contributed by atoms with E-state index in [1.54, 1.807) is 4.90 Å². The molecule has 92 valence electrons. The van der Waals surface area contributed by atoms with Gasteiger partial charge < -0.3 is 15.0 Å². The Balaban J connectivity index is 1.61. The maximum atomic E-state index is 11.2. The van der Waals surface area contributed by atoms with Gasteiger partial charge in [0, 0.05) is 19.1 Å². The fraction of sp³-hybridized carbons (Fsp3) is 0.917. The van der Waals surface area contributed by atoms with E-state index in [1.165, 1.54) is 38.5 Å². The number of cyclic esters (lactones) is 1. The number of nitrogens with one attached hydrogen (secondary N) is 1. The first-order valence-electron chi connectivity index (χ1n) is 6.51. The van der Waals surface area contributed by atoms with Gasteiger partial charge in [0.15, 0.2) is 0 Å². The SMILES string of the molecule is O=C1OCCN1CCNC1CCCCCC1. The average Bonchev–Trinajstić information content (AvgIpc) is 2.55. The normalized spacial score (nSPS) is 23.2. The highest BCUT2D eigenvalue weighted by Crippen LogP contribution is 2.16. The molecule has 1 heterocycles. The third-order valence-electron chi connectivity index (χ3n) is 3.51. The first-order chi connectivity index (χ1) is 7.86. The third kappa shape index (κ3) is 3.37. The van der Waals surface area contributed by atoms with E-state index in [2.05, 4.69) is 5.32 Å². The van der Waals surface area contributed by atoms with Crippen LogP contribution in [0.5, 0.6) is 0 Å². The summed E-state index contributed by atoms with van der Waals surface area (Å²) in [5.41, 5.74) is 0. The number of amides is 1. The largest absolute Gasteiger partial charge is 0.448 e. The molecule has 1 saturated carbocycles. The second-order valence-corrected chi connectivity index (χ2v) is 4.74. The predicted octanol–water partition coefficient (Wildman–Crippen LogP) is 1.75. The monoisotopic (exact) mass is 226 g/mol. The summed E-state index contributed by atoms with van der Waals surface area (Å²) in [5, 5.41) is 3.56. The van der Waals surface area contributed by atoms with E-state index < -0.39 is 0 Å². The molecule has 0 unspecified atom stereocenters. The van der Waals surface area contributed by atoms with E-state index in [0.717, 1.165) is 19.6 Å². The number of rotatable bonds is 4. The van der Waals surface area contributed by atoms with Crippen molar-refractivity contribution in [1.29, 1.82) is 0 Å². The summed E-state index contributed by atoms with van der Waals surface area (Å²) in [6.07, 6.45) is 7.91. The number of hydrogen-bond acceptors (Lipinski definition) is 3. The summed E-state index contributed by atoms with van der Waals surface area (Å²) in [4.78, 5) is 13.0. The molecular weight excluding hydrogens is 204 g/mol. The van der Waals surface area contributed by atoms with Crippen molar-refractivity contribution in [3.63, 3.8) is 0 Å². The van der Waals surface area contributed by atoms with Gasteiger partial charge >= 0.3 is 6.09 Å². The van der Waals surface area contributed by atoms with Crippen LogP contribution in [0, 0.1) is 0 Å². The number of nitrogens with zero attached hydrogens (tertiary/aromatic N) is 1. The zero-order chi connectivity index (χ0) is 11.2. The standard InChI is InChI=1S/C12H22N2O2/c15-12-14(9-10-16-12)8-7-13-11-5-3-1-2-4-6-11/h11,13H,1-10H2. The molecule has 4 nitrogen and oxygen atoms in total. The molecule has 0 radical (unpaired) electrons. The number of carbonyl (C=O) groups is 1. The van der Waals surface area contributed by atoms with E-state index in [-0.39, 0.29) is 6.09 Å². The van der Waals surface area contributed by atoms with Gasteiger partial charge in [-0.25, -0.2) is 4.79 Å². The third-order valence-corrected chi connectivity index (χ3v) is 3.51. The van der Waals surface area contributed by atoms with Gasteiger partial charge in [0.1, 0.15) is 6.61 Å². The predicted molar refractivity (Wildman–Crippen MR) is 62.4 cm³/mol. The highest BCUT2D eigenvalue weighted by atomic mass is 16.6. The fourth-order valence-corrected chi connectivity index (χ4v) is 2.52. The second kappa shape index (κ2) is 6.09. The van der Waals surface area contributed by atoms with Gasteiger partial charge in [-0.15, -0.1) is 0 Å². The van der Waals surface area contributed by atoms with Crippen LogP contribution in [0.3, 0.4) is 0 Å². The number of hydrogen-bond donors (Lipinski definition) is 1. The Morgan fingerprint density at radius 2 is 2.00 bits per heavy atom. The molecule has 16 heavy (non-hydrogen) atoms. The van der Waals surface area contributed by atoms with Crippen molar-refractivity contribution in [2.24, 2.45) is 0 Å². The van der Waals surface area contributed by atoms with Crippen LogP contribution < -0.4 is 5.32 Å². The smallest absolute Gasteiger partial charge is 0.409 e. The van der Waals surface area contributed by atoms with Crippen molar-refractivity contribution in [3.8, 4) is 0 Å². The minimum Gasteiger partial charge on any atom is -0.448 e. The number of ether oxygens (including phenoxy) is 1. The topological polar surface area (TPSA) is 41.6 Å². The Labute approximate surface area is 97.3 Å². The van der Waals surface area contributed by atoms with Gasteiger partial charge in [0.2, 0.25) is 0 Å². The number of carbonyl (C=O) groups excluding carboxylic acids is 1. The Morgan fingerprint density at radius 3 is 2.62 bits per heavy atom. The maximum Gasteiger partial charge on any atom is 0.409 e. The van der Waals surface area contributed by atoms with Gasteiger partial charge in [-0.3, -0.25) is 0 Å². The van der Waals surface area contributed by atoms with E-state index in [0.29, 0.717) is 12.6 Å². The molecule has 0 spiro atoms. The minimum atomic E-state index is -0.150. The lowest BCUT2D eigenvalue weighted by atomic mass is 10.1. The van der Waals surface area contributed by atoms with Crippen LogP contribution in [0.2, 0.25) is 0 Å². The van der Waals surface area contributed by atoms with Crippen LogP contribution in [-0.2, 0) is 4.74 Å². The van der Waals surface area contributed by atoms with Crippen molar-refractivity contribution in [2.75, 3.05) is 26.2 Å². The first kappa shape index (κ1) is 11.7. The molecule has 1 amide bonds. The molecule has 2 aliphatic rings. The van der Waals surface area contributed by atoms with Gasteiger partial charge in [0.25, 0.3) is 0 Å². The van der Waals surface area contributed by atoms with Crippen LogP contribution in [0.1, 0.15) is 38.5 Å². The van der Waals surface area contributed by atoms with Crippen molar-refractivity contribution in [1.82, 2.24) is 10.2 Å². The molecule has 1 aliphatic heterocycles. The zero-order valence-electron chi connectivity index (χ0n) is 9.91. The lowest BCUT2D eigenvalue weighted by molar-refractivity contribution is 0.158. The Bertz CT molecular complexity index is 225. The Morgan fingerprint density at radius 1 is 1.25 bits per heavy atom. The van der Waals surface area contributed by atoms with Gasteiger partial charge in [-0.05, 0) is 12.8 Å². The van der Waals surface area contributed by atoms with Crippen LogP contribution in [-0.4, -0.2) is 43.3 Å². The Kier molecular flexibility index (Phi) is 4.45. The molecule has 1 saturated heterocycles. The molecule has 1 N–H and O–H groups in total. The fourth-order valence-electron chi connectivity index (χ4n) is 2.52. The van der Waals surface area contributed by atoms with Crippen molar-refractivity contribution in [3.05, 3.63) is 0 Å². The van der Waals surface area contributed by atoms with Crippen molar-refractivity contribution in [2.45, 2.75) is 44.6 Å². The van der Waals surface area contributed by atoms with Crippen molar-refractivity contribution < 1.29 is 9.53 Å². The molecule has 2 rings (SSSR count). The molecule has 0 aromatic heterocycles. The summed E-state index contributed by atoms with van der Waals surface area (Å²) in [6.45, 7) is 3.00. The van der Waals surface area contributed by atoms with E-state index >= 15 is 0 Å².